The molecule has 1 aromatic rings. The first-order valence-corrected chi connectivity index (χ1v) is 12.0. The van der Waals surface area contributed by atoms with Gasteiger partial charge in [-0.25, -0.2) is 12.8 Å². The number of nitrogens with one attached hydrogen (secondary N) is 2. The quantitative estimate of drug-likeness (QED) is 0.292. The van der Waals surface area contributed by atoms with Gasteiger partial charge in [-0.2, -0.15) is 0 Å². The van der Waals surface area contributed by atoms with Crippen LogP contribution in [0.25, 0.3) is 0 Å². The van der Waals surface area contributed by atoms with E-state index >= 15 is 0 Å². The van der Waals surface area contributed by atoms with Gasteiger partial charge in [0.25, 0.3) is 0 Å². The fourth-order valence-electron chi connectivity index (χ4n) is 3.18. The minimum atomic E-state index is -2.86. The van der Waals surface area contributed by atoms with Gasteiger partial charge in [-0.15, -0.1) is 24.0 Å². The highest BCUT2D eigenvalue weighted by Gasteiger charge is 2.23. The standard InChI is InChI=1S/C20H31FN4O3S.HI/c1-15(17-5-6-19(18(21)13-17)28-14-16-3-4-16)24-20(22-2)23-7-8-25-9-11-29(26,27)12-10-25;/h5-6,13,15-16H,3-4,7-12,14H2,1-2H3,(H2,22,23,24);1H. The Morgan fingerprint density at radius 2 is 2.03 bits per heavy atom. The molecule has 2 N–H and O–H groups in total. The molecule has 1 saturated carbocycles. The van der Waals surface area contributed by atoms with Crippen LogP contribution in [-0.2, 0) is 9.84 Å². The highest BCUT2D eigenvalue weighted by atomic mass is 127. The van der Waals surface area contributed by atoms with Crippen LogP contribution >= 0.6 is 24.0 Å². The van der Waals surface area contributed by atoms with Crippen LogP contribution in [0.2, 0.25) is 0 Å². The van der Waals surface area contributed by atoms with Crippen LogP contribution in [0.15, 0.2) is 23.2 Å². The smallest absolute Gasteiger partial charge is 0.191 e. The summed E-state index contributed by atoms with van der Waals surface area (Å²) in [6, 6.07) is 4.92. The lowest BCUT2D eigenvalue weighted by Crippen LogP contribution is -2.46. The van der Waals surface area contributed by atoms with E-state index in [-0.39, 0.29) is 47.3 Å². The fourth-order valence-corrected chi connectivity index (χ4v) is 4.46. The molecular formula is C20H32FIN4O3S. The van der Waals surface area contributed by atoms with Gasteiger partial charge in [0.15, 0.2) is 27.4 Å². The summed E-state index contributed by atoms with van der Waals surface area (Å²) in [5.41, 5.74) is 0.811. The summed E-state index contributed by atoms with van der Waals surface area (Å²) in [5.74, 6) is 1.61. The van der Waals surface area contributed by atoms with Crippen LogP contribution in [0, 0.1) is 11.7 Å². The third-order valence-corrected chi connectivity index (χ3v) is 6.97. The Morgan fingerprint density at radius 1 is 1.33 bits per heavy atom. The van der Waals surface area contributed by atoms with Gasteiger partial charge in [0.05, 0.1) is 24.2 Å². The van der Waals surface area contributed by atoms with Crippen molar-refractivity contribution >= 4 is 39.8 Å². The first-order valence-electron chi connectivity index (χ1n) is 10.2. The molecule has 1 saturated heterocycles. The zero-order chi connectivity index (χ0) is 20.9. The minimum Gasteiger partial charge on any atom is -0.490 e. The molecule has 2 aliphatic rings. The predicted molar refractivity (Wildman–Crippen MR) is 128 cm³/mol. The van der Waals surface area contributed by atoms with E-state index in [1.165, 1.54) is 18.9 Å². The van der Waals surface area contributed by atoms with Gasteiger partial charge < -0.3 is 15.4 Å². The summed E-state index contributed by atoms with van der Waals surface area (Å²) >= 11 is 0. The normalized spacial score (nSPS) is 20.2. The van der Waals surface area contributed by atoms with Crippen molar-refractivity contribution in [1.29, 1.82) is 0 Å². The van der Waals surface area contributed by atoms with Crippen LogP contribution in [0.1, 0.15) is 31.4 Å². The van der Waals surface area contributed by atoms with Crippen molar-refractivity contribution in [3.05, 3.63) is 29.6 Å². The first-order chi connectivity index (χ1) is 13.9. The number of guanidine groups is 1. The summed E-state index contributed by atoms with van der Waals surface area (Å²) in [5, 5.41) is 6.49. The summed E-state index contributed by atoms with van der Waals surface area (Å²) in [6.45, 7) is 5.06. The van der Waals surface area contributed by atoms with Crippen molar-refractivity contribution in [3.8, 4) is 5.75 Å². The number of ether oxygens (including phenoxy) is 1. The van der Waals surface area contributed by atoms with Crippen molar-refractivity contribution in [2.24, 2.45) is 10.9 Å². The maximum absolute atomic E-state index is 14.3. The summed E-state index contributed by atoms with van der Waals surface area (Å²) in [4.78, 5) is 6.34. The molecule has 0 aromatic heterocycles. The van der Waals surface area contributed by atoms with Gasteiger partial charge in [0.2, 0.25) is 0 Å². The highest BCUT2D eigenvalue weighted by Crippen LogP contribution is 2.30. The molecule has 1 unspecified atom stereocenters. The molecule has 10 heteroatoms. The second-order valence-electron chi connectivity index (χ2n) is 7.80. The van der Waals surface area contributed by atoms with E-state index < -0.39 is 9.84 Å². The zero-order valence-electron chi connectivity index (χ0n) is 17.6. The molecule has 1 aliphatic carbocycles. The van der Waals surface area contributed by atoms with Gasteiger partial charge in [0, 0.05) is 33.2 Å². The average Bonchev–Trinajstić information content (AvgIpc) is 3.51. The summed E-state index contributed by atoms with van der Waals surface area (Å²) in [6.07, 6.45) is 2.34. The number of sulfone groups is 1. The van der Waals surface area contributed by atoms with Crippen molar-refractivity contribution in [2.45, 2.75) is 25.8 Å². The molecular weight excluding hydrogens is 522 g/mol. The van der Waals surface area contributed by atoms with E-state index in [4.69, 9.17) is 4.74 Å². The lowest BCUT2D eigenvalue weighted by atomic mass is 10.1. The second-order valence-corrected chi connectivity index (χ2v) is 10.1. The van der Waals surface area contributed by atoms with E-state index in [2.05, 4.69) is 20.5 Å². The number of nitrogens with zero attached hydrogens (tertiary/aromatic N) is 2. The largest absolute Gasteiger partial charge is 0.490 e. The number of hydrogen-bond donors (Lipinski definition) is 2. The molecule has 0 amide bonds. The van der Waals surface area contributed by atoms with E-state index in [1.807, 2.05) is 13.0 Å². The molecule has 1 heterocycles. The van der Waals surface area contributed by atoms with Gasteiger partial charge >= 0.3 is 0 Å². The number of benzene rings is 1. The first kappa shape index (κ1) is 25.1. The predicted octanol–water partition coefficient (Wildman–Crippen LogP) is 2.19. The summed E-state index contributed by atoms with van der Waals surface area (Å²) < 4.78 is 42.8. The Morgan fingerprint density at radius 3 is 2.63 bits per heavy atom. The van der Waals surface area contributed by atoms with Crippen LogP contribution < -0.4 is 15.4 Å². The molecule has 170 valence electrons. The van der Waals surface area contributed by atoms with E-state index in [0.29, 0.717) is 43.9 Å². The Bertz CT molecular complexity index is 819. The van der Waals surface area contributed by atoms with Crippen molar-refractivity contribution in [1.82, 2.24) is 15.5 Å². The average molecular weight is 554 g/mol. The van der Waals surface area contributed by atoms with Crippen LogP contribution in [0.5, 0.6) is 5.75 Å². The monoisotopic (exact) mass is 554 g/mol. The zero-order valence-corrected chi connectivity index (χ0v) is 20.7. The Labute approximate surface area is 195 Å². The van der Waals surface area contributed by atoms with Gasteiger partial charge in [-0.3, -0.25) is 9.89 Å². The van der Waals surface area contributed by atoms with Crippen LogP contribution in [-0.4, -0.2) is 70.6 Å². The van der Waals surface area contributed by atoms with Crippen molar-refractivity contribution in [3.63, 3.8) is 0 Å². The van der Waals surface area contributed by atoms with Crippen molar-refractivity contribution in [2.75, 3.05) is 51.3 Å². The van der Waals surface area contributed by atoms with Crippen molar-refractivity contribution < 1.29 is 17.5 Å². The molecule has 2 fully saturated rings. The minimum absolute atomic E-state index is 0. The Balaban J connectivity index is 0.00000320. The number of aliphatic imine (C=N–C) groups is 1. The SMILES string of the molecule is CN=C(NCCN1CCS(=O)(=O)CC1)NC(C)c1ccc(OCC2CC2)c(F)c1.I. The van der Waals surface area contributed by atoms with E-state index in [9.17, 15) is 12.8 Å². The van der Waals surface area contributed by atoms with E-state index in [1.54, 1.807) is 13.1 Å². The van der Waals surface area contributed by atoms with Gasteiger partial charge in [-0.1, -0.05) is 6.07 Å². The third kappa shape index (κ3) is 7.84. The van der Waals surface area contributed by atoms with E-state index in [0.717, 1.165) is 12.1 Å². The lowest BCUT2D eigenvalue weighted by Gasteiger charge is -2.27. The molecule has 0 spiro atoms. The molecule has 1 aromatic carbocycles. The number of hydrogen-bond acceptors (Lipinski definition) is 5. The second kappa shape index (κ2) is 11.5. The summed E-state index contributed by atoms with van der Waals surface area (Å²) in [7, 11) is -1.17. The third-order valence-electron chi connectivity index (χ3n) is 5.36. The molecule has 7 nitrogen and oxygen atoms in total. The Kier molecular flexibility index (Phi) is 9.61. The maximum Gasteiger partial charge on any atom is 0.191 e. The number of rotatable bonds is 8. The fraction of sp³-hybridized carbons (Fsp3) is 0.650. The highest BCUT2D eigenvalue weighted by molar-refractivity contribution is 14.0. The lowest BCUT2D eigenvalue weighted by molar-refractivity contribution is 0.285. The van der Waals surface area contributed by atoms with Crippen LogP contribution in [0.4, 0.5) is 4.39 Å². The van der Waals surface area contributed by atoms with Gasteiger partial charge in [-0.05, 0) is 43.4 Å². The molecule has 1 atom stereocenters. The number of halogens is 2. The molecule has 0 radical (unpaired) electrons. The van der Waals surface area contributed by atoms with Crippen LogP contribution in [0.3, 0.4) is 0 Å². The van der Waals surface area contributed by atoms with Gasteiger partial charge in [0.1, 0.15) is 0 Å². The topological polar surface area (TPSA) is 83.0 Å². The molecule has 0 bridgehead atoms. The Hall–Kier alpha value is -1.14. The maximum atomic E-state index is 14.3. The molecule has 30 heavy (non-hydrogen) atoms. The molecule has 3 rings (SSSR count). The molecule has 1 aliphatic heterocycles.